The van der Waals surface area contributed by atoms with Crippen LogP contribution in [0.3, 0.4) is 0 Å². The van der Waals surface area contributed by atoms with Gasteiger partial charge in [0.2, 0.25) is 0 Å². The molecule has 354 valence electrons. The standard InChI is InChI=1S/C54H85NO8/c1-37(2)19-18-20-38(3)43-27-28-44-42-26-25-40-33-41(29-31-53(40,10)45(42)30-32-54(43,44)11)61-50(59)46(23-16-13-17-24-47(56)60-36-39-21-14-12-15-22-39)55(34-48(57)62-51(4,5)6)35-49(58)63-52(7,8)9/h12,14-15,21-22,25,37-38,41-46H,13,16-20,23-24,26-36H2,1-11H3/t38-,41+,42?,43-,44?,45?,46+,53+,54-/m1/s1. The second-order valence-electron chi connectivity index (χ2n) is 22.9. The molecule has 5 rings (SSSR count). The van der Waals surface area contributed by atoms with Crippen LogP contribution in [0.25, 0.3) is 0 Å². The van der Waals surface area contributed by atoms with Crippen molar-refractivity contribution in [2.45, 2.75) is 209 Å². The van der Waals surface area contributed by atoms with Gasteiger partial charge in [0, 0.05) is 12.8 Å². The van der Waals surface area contributed by atoms with Gasteiger partial charge in [0.25, 0.3) is 0 Å². The quantitative estimate of drug-likeness (QED) is 0.0547. The zero-order valence-corrected chi connectivity index (χ0v) is 41.2. The van der Waals surface area contributed by atoms with E-state index in [-0.39, 0.29) is 43.6 Å². The Balaban J connectivity index is 1.26. The van der Waals surface area contributed by atoms with Gasteiger partial charge in [0.05, 0.1) is 13.1 Å². The largest absolute Gasteiger partial charge is 0.461 e. The predicted octanol–water partition coefficient (Wildman–Crippen LogP) is 12.0. The molecule has 0 heterocycles. The van der Waals surface area contributed by atoms with E-state index in [2.05, 4.69) is 40.7 Å². The summed E-state index contributed by atoms with van der Waals surface area (Å²) in [5.41, 5.74) is 1.42. The van der Waals surface area contributed by atoms with Gasteiger partial charge in [-0.1, -0.05) is 109 Å². The SMILES string of the molecule is CC(C)CCC[C@@H](C)[C@H]1CCC2C3CC=C4C[C@@H](OC(=O)[C@H](CCCCCC(=O)OCc5ccccc5)N(CC(=O)OC(C)(C)C)CC(=O)OC(C)(C)C)CC[C@]4(C)C3CC[C@@]21C. The minimum absolute atomic E-state index is 0.106. The third-order valence-electron chi connectivity index (χ3n) is 15.4. The van der Waals surface area contributed by atoms with Crippen LogP contribution < -0.4 is 0 Å². The molecule has 3 unspecified atom stereocenters. The van der Waals surface area contributed by atoms with Crippen molar-refractivity contribution in [3.8, 4) is 0 Å². The first-order valence-electron chi connectivity index (χ1n) is 24.8. The molecule has 3 saturated carbocycles. The van der Waals surface area contributed by atoms with E-state index in [0.717, 1.165) is 54.9 Å². The monoisotopic (exact) mass is 876 g/mol. The Bertz CT molecular complexity index is 1680. The average Bonchev–Trinajstić information content (AvgIpc) is 3.54. The third kappa shape index (κ3) is 14.1. The molecule has 4 aliphatic rings. The predicted molar refractivity (Wildman–Crippen MR) is 249 cm³/mol. The lowest BCUT2D eigenvalue weighted by Crippen LogP contribution is -2.52. The number of rotatable bonds is 20. The van der Waals surface area contributed by atoms with Gasteiger partial charge >= 0.3 is 23.9 Å². The van der Waals surface area contributed by atoms with E-state index in [4.69, 9.17) is 18.9 Å². The van der Waals surface area contributed by atoms with Crippen molar-refractivity contribution < 1.29 is 38.1 Å². The van der Waals surface area contributed by atoms with Crippen LogP contribution in [0.1, 0.15) is 184 Å². The lowest BCUT2D eigenvalue weighted by molar-refractivity contribution is -0.166. The van der Waals surface area contributed by atoms with E-state index in [9.17, 15) is 19.2 Å². The second-order valence-corrected chi connectivity index (χ2v) is 22.9. The zero-order valence-electron chi connectivity index (χ0n) is 41.2. The number of unbranched alkanes of at least 4 members (excludes halogenated alkanes) is 2. The van der Waals surface area contributed by atoms with Crippen molar-refractivity contribution >= 4 is 23.9 Å². The lowest BCUT2D eigenvalue weighted by atomic mass is 9.47. The van der Waals surface area contributed by atoms with Crippen LogP contribution in [0.4, 0.5) is 0 Å². The Kier molecular flexibility index (Phi) is 17.6. The Hall–Kier alpha value is -3.20. The number of ether oxygens (including phenoxy) is 4. The van der Waals surface area contributed by atoms with E-state index < -0.39 is 35.2 Å². The van der Waals surface area contributed by atoms with E-state index in [1.165, 1.54) is 50.5 Å². The Morgan fingerprint density at radius 2 is 1.41 bits per heavy atom. The Labute approximate surface area is 381 Å². The fraction of sp³-hybridized carbons (Fsp3) is 0.778. The van der Waals surface area contributed by atoms with Crippen molar-refractivity contribution in [3.05, 3.63) is 47.5 Å². The number of allylic oxidation sites excluding steroid dienone is 1. The molecule has 9 heteroatoms. The van der Waals surface area contributed by atoms with Gasteiger partial charge in [-0.15, -0.1) is 0 Å². The molecule has 0 spiro atoms. The molecule has 3 fully saturated rings. The fourth-order valence-corrected chi connectivity index (χ4v) is 12.4. The van der Waals surface area contributed by atoms with Crippen molar-refractivity contribution in [2.24, 2.45) is 46.3 Å². The maximum absolute atomic E-state index is 14.5. The maximum Gasteiger partial charge on any atom is 0.323 e. The molecular formula is C54H85NO8. The Morgan fingerprint density at radius 3 is 2.05 bits per heavy atom. The molecule has 0 bridgehead atoms. The summed E-state index contributed by atoms with van der Waals surface area (Å²) >= 11 is 0. The van der Waals surface area contributed by atoms with E-state index in [0.29, 0.717) is 42.9 Å². The van der Waals surface area contributed by atoms with Gasteiger partial charge in [-0.25, -0.2) is 0 Å². The molecule has 0 N–H and O–H groups in total. The van der Waals surface area contributed by atoms with Crippen molar-refractivity contribution in [1.82, 2.24) is 4.90 Å². The van der Waals surface area contributed by atoms with E-state index in [1.807, 2.05) is 30.3 Å². The summed E-state index contributed by atoms with van der Waals surface area (Å²) in [4.78, 5) is 55.4. The summed E-state index contributed by atoms with van der Waals surface area (Å²) < 4.78 is 23.3. The zero-order chi connectivity index (χ0) is 46.2. The molecule has 1 aromatic rings. The van der Waals surface area contributed by atoms with Crippen LogP contribution in [-0.2, 0) is 44.7 Å². The molecule has 0 aromatic heterocycles. The van der Waals surface area contributed by atoms with Crippen LogP contribution in [0, 0.1) is 46.3 Å². The highest BCUT2D eigenvalue weighted by Gasteiger charge is 2.59. The van der Waals surface area contributed by atoms with Crippen LogP contribution in [0.5, 0.6) is 0 Å². The summed E-state index contributed by atoms with van der Waals surface area (Å²) in [6, 6.07) is 8.72. The van der Waals surface area contributed by atoms with Gasteiger partial charge in [-0.05, 0) is 151 Å². The summed E-state index contributed by atoms with van der Waals surface area (Å²) in [5.74, 6) is 2.78. The second kappa shape index (κ2) is 21.9. The highest BCUT2D eigenvalue weighted by atomic mass is 16.6. The van der Waals surface area contributed by atoms with Crippen LogP contribution in [0.15, 0.2) is 42.0 Å². The van der Waals surface area contributed by atoms with Crippen LogP contribution in [0.2, 0.25) is 0 Å². The van der Waals surface area contributed by atoms with E-state index >= 15 is 0 Å². The average molecular weight is 876 g/mol. The van der Waals surface area contributed by atoms with Gasteiger partial charge in [0.15, 0.2) is 0 Å². The molecule has 4 aliphatic carbocycles. The first-order chi connectivity index (χ1) is 29.6. The summed E-state index contributed by atoms with van der Waals surface area (Å²) in [6.45, 7) is 22.9. The van der Waals surface area contributed by atoms with Crippen molar-refractivity contribution in [3.63, 3.8) is 0 Å². The number of hydrogen-bond acceptors (Lipinski definition) is 9. The molecule has 1 aromatic carbocycles. The number of carbonyl (C=O) groups excluding carboxylic acids is 4. The minimum atomic E-state index is -0.882. The number of carbonyl (C=O) groups is 4. The number of fused-ring (bicyclic) bond motifs is 5. The highest BCUT2D eigenvalue weighted by molar-refractivity contribution is 5.80. The smallest absolute Gasteiger partial charge is 0.323 e. The van der Waals surface area contributed by atoms with E-state index in [1.54, 1.807) is 46.4 Å². The van der Waals surface area contributed by atoms with Gasteiger partial charge in [0.1, 0.15) is 30.0 Å². The lowest BCUT2D eigenvalue weighted by Gasteiger charge is -2.58. The molecule has 63 heavy (non-hydrogen) atoms. The molecular weight excluding hydrogens is 791 g/mol. The first-order valence-corrected chi connectivity index (χ1v) is 24.8. The van der Waals surface area contributed by atoms with Gasteiger partial charge < -0.3 is 18.9 Å². The fourth-order valence-electron chi connectivity index (χ4n) is 12.4. The maximum atomic E-state index is 14.5. The molecule has 0 aliphatic heterocycles. The first kappa shape index (κ1) is 50.8. The molecule has 9 nitrogen and oxygen atoms in total. The highest BCUT2D eigenvalue weighted by Crippen LogP contribution is 2.67. The summed E-state index contributed by atoms with van der Waals surface area (Å²) in [7, 11) is 0. The number of benzene rings is 1. The summed E-state index contributed by atoms with van der Waals surface area (Å²) in [6.07, 6.45) is 17.7. The van der Waals surface area contributed by atoms with Gasteiger partial charge in [-0.3, -0.25) is 24.1 Å². The normalized spacial score (nSPS) is 28.0. The topological polar surface area (TPSA) is 108 Å². The third-order valence-corrected chi connectivity index (χ3v) is 15.4. The minimum Gasteiger partial charge on any atom is -0.461 e. The van der Waals surface area contributed by atoms with Crippen molar-refractivity contribution in [1.29, 1.82) is 0 Å². The van der Waals surface area contributed by atoms with Gasteiger partial charge in [-0.2, -0.15) is 0 Å². The van der Waals surface area contributed by atoms with Crippen LogP contribution in [-0.4, -0.2) is 65.2 Å². The molecule has 9 atom stereocenters. The Morgan fingerprint density at radius 1 is 0.746 bits per heavy atom. The number of hydrogen-bond donors (Lipinski definition) is 0. The molecule has 0 radical (unpaired) electrons. The van der Waals surface area contributed by atoms with Crippen LogP contribution >= 0.6 is 0 Å². The number of nitrogens with zero attached hydrogens (tertiary/aromatic N) is 1. The molecule has 0 amide bonds. The number of esters is 4. The summed E-state index contributed by atoms with van der Waals surface area (Å²) in [5, 5.41) is 0. The molecule has 0 saturated heterocycles. The van der Waals surface area contributed by atoms with Crippen molar-refractivity contribution in [2.75, 3.05) is 13.1 Å².